The number of carbonyl (C=O) groups is 1. The minimum atomic E-state index is -0.549. The van der Waals surface area contributed by atoms with Crippen LogP contribution in [0.25, 0.3) is 0 Å². The molecule has 1 amide bonds. The van der Waals surface area contributed by atoms with Gasteiger partial charge in [0.1, 0.15) is 5.92 Å². The Morgan fingerprint density at radius 1 is 1.43 bits per heavy atom. The second-order valence-corrected chi connectivity index (χ2v) is 6.04. The van der Waals surface area contributed by atoms with Gasteiger partial charge in [-0.25, -0.2) is 0 Å². The van der Waals surface area contributed by atoms with Gasteiger partial charge in [-0.05, 0) is 17.9 Å². The molecular weight excluding hydrogens is 284 g/mol. The lowest BCUT2D eigenvalue weighted by Gasteiger charge is -2.37. The van der Waals surface area contributed by atoms with Crippen LogP contribution in [0, 0.1) is 5.92 Å². The van der Waals surface area contributed by atoms with Crippen LogP contribution < -0.4 is 5.73 Å². The summed E-state index contributed by atoms with van der Waals surface area (Å²) < 4.78 is 5.47. The molecule has 2 N–H and O–H groups in total. The number of nitrogens with two attached hydrogens (primary N) is 1. The van der Waals surface area contributed by atoms with Crippen molar-refractivity contribution in [1.82, 2.24) is 4.90 Å². The normalized spacial score (nSPS) is 23.6. The molecule has 1 heterocycles. The number of methoxy groups -OCH3 is 1. The lowest BCUT2D eigenvalue weighted by Crippen LogP contribution is -2.49. The molecular formula is C16H22N2O2S. The molecule has 0 radical (unpaired) electrons. The van der Waals surface area contributed by atoms with Gasteiger partial charge in [-0.1, -0.05) is 49.5 Å². The van der Waals surface area contributed by atoms with Gasteiger partial charge in [0.15, 0.2) is 0 Å². The molecule has 3 atom stereocenters. The molecule has 2 rings (SSSR count). The summed E-state index contributed by atoms with van der Waals surface area (Å²) in [6.07, 6.45) is 1.01. The van der Waals surface area contributed by atoms with Crippen LogP contribution in [-0.2, 0) is 9.53 Å². The van der Waals surface area contributed by atoms with Gasteiger partial charge in [-0.15, -0.1) is 0 Å². The van der Waals surface area contributed by atoms with Crippen LogP contribution in [-0.4, -0.2) is 42.1 Å². The predicted molar refractivity (Wildman–Crippen MR) is 87.1 cm³/mol. The Bertz CT molecular complexity index is 506. The summed E-state index contributed by atoms with van der Waals surface area (Å²) in [5, 5.41) is 0. The predicted octanol–water partition coefficient (Wildman–Crippen LogP) is 1.94. The third-order valence-electron chi connectivity index (χ3n) is 4.17. The summed E-state index contributed by atoms with van der Waals surface area (Å²) >= 11 is 5.12. The number of hydrogen-bond acceptors (Lipinski definition) is 3. The summed E-state index contributed by atoms with van der Waals surface area (Å²) in [7, 11) is 1.69. The van der Waals surface area contributed by atoms with Gasteiger partial charge in [-0.3, -0.25) is 4.79 Å². The second kappa shape index (κ2) is 7.00. The monoisotopic (exact) mass is 306 g/mol. The number of thiocarbonyl (C=S) groups is 1. The minimum absolute atomic E-state index is 0.0253. The van der Waals surface area contributed by atoms with Crippen molar-refractivity contribution in [1.29, 1.82) is 0 Å². The van der Waals surface area contributed by atoms with E-state index in [0.29, 0.717) is 12.5 Å². The maximum Gasteiger partial charge on any atom is 0.237 e. The molecule has 1 aromatic carbocycles. The highest BCUT2D eigenvalue weighted by Crippen LogP contribution is 2.24. The highest BCUT2D eigenvalue weighted by molar-refractivity contribution is 7.80. The molecule has 4 nitrogen and oxygen atoms in total. The van der Waals surface area contributed by atoms with Crippen LogP contribution in [0.3, 0.4) is 0 Å². The number of carbonyl (C=O) groups excluding carboxylic acids is 1. The maximum atomic E-state index is 12.8. The van der Waals surface area contributed by atoms with E-state index in [1.807, 2.05) is 35.2 Å². The Balaban J connectivity index is 2.18. The molecule has 21 heavy (non-hydrogen) atoms. The van der Waals surface area contributed by atoms with Crippen LogP contribution in [0.4, 0.5) is 0 Å². The number of piperidine rings is 1. The van der Waals surface area contributed by atoms with E-state index in [2.05, 4.69) is 6.92 Å². The second-order valence-electron chi connectivity index (χ2n) is 5.57. The number of nitrogens with zero attached hydrogens (tertiary/aromatic N) is 1. The fourth-order valence-corrected chi connectivity index (χ4v) is 3.03. The van der Waals surface area contributed by atoms with Crippen LogP contribution in [0.15, 0.2) is 30.3 Å². The van der Waals surface area contributed by atoms with Gasteiger partial charge in [0.2, 0.25) is 5.91 Å². The zero-order valence-electron chi connectivity index (χ0n) is 12.5. The van der Waals surface area contributed by atoms with E-state index in [0.717, 1.165) is 18.5 Å². The standard InChI is InChI=1S/C16H22N2O2S/c1-11-8-9-18(10-13(11)20-2)16(19)14(15(17)21)12-6-4-3-5-7-12/h3-7,11,13-14H,8-10H2,1-2H3,(H2,17,21). The Hall–Kier alpha value is -1.46. The van der Waals surface area contributed by atoms with Crippen molar-refractivity contribution in [2.45, 2.75) is 25.4 Å². The molecule has 1 saturated heterocycles. The van der Waals surface area contributed by atoms with Gasteiger partial charge in [-0.2, -0.15) is 0 Å². The first-order chi connectivity index (χ1) is 10.0. The minimum Gasteiger partial charge on any atom is -0.392 e. The maximum absolute atomic E-state index is 12.8. The molecule has 1 aliphatic rings. The van der Waals surface area contributed by atoms with E-state index in [9.17, 15) is 4.79 Å². The SMILES string of the molecule is COC1CN(C(=O)C(C(N)=S)c2ccccc2)CCC1C. The summed E-state index contributed by atoms with van der Waals surface area (Å²) in [5.41, 5.74) is 6.67. The summed E-state index contributed by atoms with van der Waals surface area (Å²) in [5.74, 6) is -0.117. The average molecular weight is 306 g/mol. The molecule has 0 spiro atoms. The molecule has 1 aromatic rings. The number of ether oxygens (including phenoxy) is 1. The molecule has 0 bridgehead atoms. The summed E-state index contributed by atoms with van der Waals surface area (Å²) in [6, 6.07) is 9.48. The Morgan fingerprint density at radius 3 is 2.67 bits per heavy atom. The average Bonchev–Trinajstić information content (AvgIpc) is 2.48. The number of benzene rings is 1. The lowest BCUT2D eigenvalue weighted by molar-refractivity contribution is -0.136. The highest BCUT2D eigenvalue weighted by atomic mass is 32.1. The Kier molecular flexibility index (Phi) is 5.31. The molecule has 0 aromatic heterocycles. The summed E-state index contributed by atoms with van der Waals surface area (Å²) in [6.45, 7) is 3.48. The molecule has 1 fully saturated rings. The van der Waals surface area contributed by atoms with Gasteiger partial charge >= 0.3 is 0 Å². The van der Waals surface area contributed by atoms with Crippen molar-refractivity contribution in [3.63, 3.8) is 0 Å². The Labute approximate surface area is 131 Å². The zero-order chi connectivity index (χ0) is 15.4. The van der Waals surface area contributed by atoms with Gasteiger partial charge in [0.25, 0.3) is 0 Å². The van der Waals surface area contributed by atoms with Gasteiger partial charge in [0, 0.05) is 20.2 Å². The van der Waals surface area contributed by atoms with Crippen molar-refractivity contribution in [2.24, 2.45) is 11.7 Å². The third kappa shape index (κ3) is 3.60. The van der Waals surface area contributed by atoms with Gasteiger partial charge in [0.05, 0.1) is 11.1 Å². The van der Waals surface area contributed by atoms with Crippen molar-refractivity contribution in [2.75, 3.05) is 20.2 Å². The van der Waals surface area contributed by atoms with Crippen LogP contribution in [0.5, 0.6) is 0 Å². The third-order valence-corrected chi connectivity index (χ3v) is 4.40. The first-order valence-electron chi connectivity index (χ1n) is 7.20. The molecule has 1 aliphatic heterocycles. The molecule has 114 valence electrons. The number of rotatable bonds is 4. The van der Waals surface area contributed by atoms with Crippen LogP contribution in [0.1, 0.15) is 24.8 Å². The van der Waals surface area contributed by atoms with Crippen molar-refractivity contribution in [3.05, 3.63) is 35.9 Å². The Morgan fingerprint density at radius 2 is 2.10 bits per heavy atom. The number of likely N-dealkylation sites (tertiary alicyclic amines) is 1. The quantitative estimate of drug-likeness (QED) is 0.864. The van der Waals surface area contributed by atoms with E-state index < -0.39 is 5.92 Å². The lowest BCUT2D eigenvalue weighted by atomic mass is 9.92. The van der Waals surface area contributed by atoms with Crippen molar-refractivity contribution in [3.8, 4) is 0 Å². The van der Waals surface area contributed by atoms with Crippen LogP contribution >= 0.6 is 12.2 Å². The van der Waals surface area contributed by atoms with E-state index >= 15 is 0 Å². The first kappa shape index (κ1) is 15.9. The fraction of sp³-hybridized carbons (Fsp3) is 0.500. The van der Waals surface area contributed by atoms with E-state index in [4.69, 9.17) is 22.7 Å². The molecule has 3 unspecified atom stereocenters. The molecule has 5 heteroatoms. The van der Waals surface area contributed by atoms with Crippen molar-refractivity contribution < 1.29 is 9.53 Å². The number of hydrogen-bond donors (Lipinski definition) is 1. The molecule has 0 aliphatic carbocycles. The summed E-state index contributed by atoms with van der Waals surface area (Å²) in [4.78, 5) is 14.9. The molecule has 0 saturated carbocycles. The fourth-order valence-electron chi connectivity index (χ4n) is 2.80. The zero-order valence-corrected chi connectivity index (χ0v) is 13.3. The topological polar surface area (TPSA) is 55.6 Å². The smallest absolute Gasteiger partial charge is 0.237 e. The van der Waals surface area contributed by atoms with E-state index in [1.165, 1.54) is 0 Å². The van der Waals surface area contributed by atoms with E-state index in [1.54, 1.807) is 7.11 Å². The largest absolute Gasteiger partial charge is 0.392 e. The highest BCUT2D eigenvalue weighted by Gasteiger charge is 2.34. The van der Waals surface area contributed by atoms with Gasteiger partial charge < -0.3 is 15.4 Å². The number of amides is 1. The van der Waals surface area contributed by atoms with Crippen molar-refractivity contribution >= 4 is 23.1 Å². The van der Waals surface area contributed by atoms with E-state index in [-0.39, 0.29) is 17.0 Å². The van der Waals surface area contributed by atoms with Crippen LogP contribution in [0.2, 0.25) is 0 Å². The first-order valence-corrected chi connectivity index (χ1v) is 7.61.